The number of anilines is 2. The van der Waals surface area contributed by atoms with E-state index in [0.717, 1.165) is 11.4 Å². The van der Waals surface area contributed by atoms with Gasteiger partial charge in [0.2, 0.25) is 5.76 Å². The fourth-order valence-electron chi connectivity index (χ4n) is 3.05. The molecular weight excluding hydrogens is 396 g/mol. The number of carbonyl (C=O) groups is 1. The van der Waals surface area contributed by atoms with Gasteiger partial charge in [-0.1, -0.05) is 11.6 Å². The smallest absolute Gasteiger partial charge is 0.260 e. The average molecular weight is 413 g/mol. The molecule has 2 aromatic heterocycles. The summed E-state index contributed by atoms with van der Waals surface area (Å²) >= 11 is 6.45. The number of amides is 1. The van der Waals surface area contributed by atoms with E-state index in [1.165, 1.54) is 13.2 Å². The van der Waals surface area contributed by atoms with Crippen molar-refractivity contribution in [1.82, 2.24) is 10.1 Å². The van der Waals surface area contributed by atoms with Gasteiger partial charge in [-0.05, 0) is 29.4 Å². The minimum absolute atomic E-state index is 0.0216. The Kier molecular flexibility index (Phi) is 4.63. The van der Waals surface area contributed by atoms with E-state index < -0.39 is 5.91 Å². The molecule has 8 nitrogen and oxygen atoms in total. The van der Waals surface area contributed by atoms with E-state index in [2.05, 4.69) is 15.5 Å². The maximum atomic E-state index is 12.5. The number of benzene rings is 1. The Balaban J connectivity index is 1.82. The van der Waals surface area contributed by atoms with Crippen molar-refractivity contribution in [1.29, 1.82) is 0 Å². The number of ether oxygens (including phenoxy) is 1. The number of nitrogens with zero attached hydrogens (tertiary/aromatic N) is 3. The first-order valence-electron chi connectivity index (χ1n) is 8.62. The van der Waals surface area contributed by atoms with Gasteiger partial charge in [-0.25, -0.2) is 4.98 Å². The first-order valence-corrected chi connectivity index (χ1v) is 9.00. The highest BCUT2D eigenvalue weighted by atomic mass is 35.5. The molecule has 4 rings (SSSR count). The van der Waals surface area contributed by atoms with Crippen LogP contribution in [0.3, 0.4) is 0 Å². The van der Waals surface area contributed by atoms with Crippen LogP contribution in [-0.4, -0.2) is 42.4 Å². The van der Waals surface area contributed by atoms with E-state index in [-0.39, 0.29) is 23.0 Å². The number of rotatable bonds is 4. The minimum Gasteiger partial charge on any atom is -0.504 e. The fourth-order valence-corrected chi connectivity index (χ4v) is 3.32. The predicted octanol–water partition coefficient (Wildman–Crippen LogP) is 3.84. The van der Waals surface area contributed by atoms with Crippen LogP contribution in [-0.2, 0) is 4.79 Å². The molecule has 0 atom stereocenters. The molecule has 0 aliphatic carbocycles. The van der Waals surface area contributed by atoms with Crippen molar-refractivity contribution in [3.63, 3.8) is 0 Å². The Bertz CT molecular complexity index is 1140. The zero-order valence-electron chi connectivity index (χ0n) is 15.9. The highest BCUT2D eigenvalue weighted by Crippen LogP contribution is 2.42. The van der Waals surface area contributed by atoms with Gasteiger partial charge in [0.05, 0.1) is 29.5 Å². The van der Waals surface area contributed by atoms with E-state index in [1.54, 1.807) is 18.3 Å². The van der Waals surface area contributed by atoms with Crippen molar-refractivity contribution in [2.24, 2.45) is 0 Å². The van der Waals surface area contributed by atoms with Gasteiger partial charge in [0, 0.05) is 37.0 Å². The van der Waals surface area contributed by atoms with Crippen molar-refractivity contribution in [2.75, 3.05) is 31.4 Å². The lowest BCUT2D eigenvalue weighted by atomic mass is 9.99. The van der Waals surface area contributed by atoms with Crippen LogP contribution in [0.4, 0.5) is 11.5 Å². The molecule has 0 radical (unpaired) electrons. The molecule has 148 valence electrons. The van der Waals surface area contributed by atoms with E-state index in [4.69, 9.17) is 20.9 Å². The monoisotopic (exact) mass is 412 g/mol. The molecule has 2 N–H and O–H groups in total. The summed E-state index contributed by atoms with van der Waals surface area (Å²) in [5.41, 5.74) is 2.52. The lowest BCUT2D eigenvalue weighted by Crippen LogP contribution is -2.10. The highest BCUT2D eigenvalue weighted by molar-refractivity contribution is 6.38. The van der Waals surface area contributed by atoms with Gasteiger partial charge >= 0.3 is 0 Å². The van der Waals surface area contributed by atoms with Crippen molar-refractivity contribution >= 4 is 40.3 Å². The van der Waals surface area contributed by atoms with Crippen molar-refractivity contribution in [2.45, 2.75) is 0 Å². The Morgan fingerprint density at radius 2 is 2.03 bits per heavy atom. The Morgan fingerprint density at radius 3 is 2.66 bits per heavy atom. The molecule has 0 bridgehead atoms. The Morgan fingerprint density at radius 1 is 1.24 bits per heavy atom. The number of aromatic nitrogens is 2. The summed E-state index contributed by atoms with van der Waals surface area (Å²) in [4.78, 5) is 18.8. The third kappa shape index (κ3) is 3.27. The van der Waals surface area contributed by atoms with Gasteiger partial charge < -0.3 is 24.6 Å². The summed E-state index contributed by atoms with van der Waals surface area (Å²) in [7, 11) is 5.23. The van der Waals surface area contributed by atoms with Gasteiger partial charge in [-0.3, -0.25) is 4.79 Å². The highest BCUT2D eigenvalue weighted by Gasteiger charge is 2.31. The number of hydrogen-bond acceptors (Lipinski definition) is 7. The number of nitrogens with one attached hydrogen (secondary N) is 1. The second kappa shape index (κ2) is 7.14. The number of methoxy groups -OCH3 is 1. The number of halogens is 1. The van der Waals surface area contributed by atoms with Gasteiger partial charge in [-0.2, -0.15) is 0 Å². The zero-order chi connectivity index (χ0) is 20.7. The Hall–Kier alpha value is -3.52. The molecule has 1 aromatic carbocycles. The third-order valence-electron chi connectivity index (χ3n) is 4.54. The SMILES string of the molecule is COc1cc(C(O)=C2C(=O)Nc3cc(Cl)c(-c4ccc(N(C)C)nc4)cc32)on1. The Labute approximate surface area is 171 Å². The van der Waals surface area contributed by atoms with Crippen LogP contribution in [0.2, 0.25) is 5.02 Å². The van der Waals surface area contributed by atoms with Crippen LogP contribution in [0.5, 0.6) is 5.88 Å². The van der Waals surface area contributed by atoms with Gasteiger partial charge in [-0.15, -0.1) is 0 Å². The van der Waals surface area contributed by atoms with E-state index in [1.807, 2.05) is 31.1 Å². The number of carbonyl (C=O) groups excluding carboxylic acids is 1. The maximum absolute atomic E-state index is 12.5. The number of fused-ring (bicyclic) bond motifs is 1. The first kappa shape index (κ1) is 18.8. The van der Waals surface area contributed by atoms with Crippen molar-refractivity contribution < 1.29 is 19.2 Å². The van der Waals surface area contributed by atoms with Crippen LogP contribution in [0, 0.1) is 0 Å². The molecule has 0 fully saturated rings. The van der Waals surface area contributed by atoms with Gasteiger partial charge in [0.25, 0.3) is 11.8 Å². The zero-order valence-corrected chi connectivity index (χ0v) is 16.6. The number of hydrogen-bond donors (Lipinski definition) is 2. The summed E-state index contributed by atoms with van der Waals surface area (Å²) < 4.78 is 10.0. The fraction of sp³-hybridized carbons (Fsp3) is 0.150. The second-order valence-electron chi connectivity index (χ2n) is 6.59. The topological polar surface area (TPSA) is 101 Å². The molecule has 0 saturated carbocycles. The molecule has 3 aromatic rings. The summed E-state index contributed by atoms with van der Waals surface area (Å²) in [6.45, 7) is 0. The summed E-state index contributed by atoms with van der Waals surface area (Å²) in [6, 6.07) is 8.54. The van der Waals surface area contributed by atoms with Crippen LogP contribution in [0.15, 0.2) is 41.1 Å². The molecule has 0 spiro atoms. The lowest BCUT2D eigenvalue weighted by Gasteiger charge is -2.12. The lowest BCUT2D eigenvalue weighted by molar-refractivity contribution is -0.110. The summed E-state index contributed by atoms with van der Waals surface area (Å²) in [5, 5.41) is 17.5. The van der Waals surface area contributed by atoms with Crippen molar-refractivity contribution in [3.05, 3.63) is 52.9 Å². The molecular formula is C20H17ClN4O4. The number of aliphatic hydroxyl groups is 1. The molecule has 0 unspecified atom stereocenters. The maximum Gasteiger partial charge on any atom is 0.260 e. The summed E-state index contributed by atoms with van der Waals surface area (Å²) in [5.74, 6) is 0.205. The van der Waals surface area contributed by atoms with E-state index in [0.29, 0.717) is 21.8 Å². The molecule has 1 aliphatic heterocycles. The van der Waals surface area contributed by atoms with Crippen molar-refractivity contribution in [3.8, 4) is 17.0 Å². The van der Waals surface area contributed by atoms with E-state index >= 15 is 0 Å². The van der Waals surface area contributed by atoms with Crippen LogP contribution < -0.4 is 15.0 Å². The van der Waals surface area contributed by atoms with E-state index in [9.17, 15) is 9.90 Å². The average Bonchev–Trinajstić information content (AvgIpc) is 3.30. The third-order valence-corrected chi connectivity index (χ3v) is 4.85. The molecule has 1 amide bonds. The number of aliphatic hydroxyl groups excluding tert-OH is 1. The molecule has 1 aliphatic rings. The van der Waals surface area contributed by atoms with Crippen LogP contribution in [0.25, 0.3) is 22.5 Å². The molecule has 0 saturated heterocycles. The van der Waals surface area contributed by atoms with Gasteiger partial charge in [0.15, 0.2) is 5.76 Å². The van der Waals surface area contributed by atoms with Crippen LogP contribution >= 0.6 is 11.6 Å². The number of pyridine rings is 1. The molecule has 29 heavy (non-hydrogen) atoms. The minimum atomic E-state index is -0.470. The van der Waals surface area contributed by atoms with Gasteiger partial charge in [0.1, 0.15) is 5.82 Å². The largest absolute Gasteiger partial charge is 0.504 e. The standard InChI is InChI=1S/C20H17ClN4O4/c1-25(2)16-5-4-10(9-22-16)11-6-12-14(7-13(11)21)23-20(27)18(12)19(26)15-8-17(28-3)24-29-15/h4-9,26H,1-3H3,(H,23,27). The first-order chi connectivity index (χ1) is 13.9. The quantitative estimate of drug-likeness (QED) is 0.496. The normalized spacial score (nSPS) is 14.4. The predicted molar refractivity (Wildman–Crippen MR) is 110 cm³/mol. The summed E-state index contributed by atoms with van der Waals surface area (Å²) in [6.07, 6.45) is 1.71. The molecule has 3 heterocycles. The molecule has 9 heteroatoms. The van der Waals surface area contributed by atoms with Crippen LogP contribution in [0.1, 0.15) is 11.3 Å². The second-order valence-corrected chi connectivity index (χ2v) is 7.00.